The Morgan fingerprint density at radius 2 is 1.91 bits per heavy atom. The normalized spacial score (nSPS) is 13.3. The highest BCUT2D eigenvalue weighted by Crippen LogP contribution is 2.35. The second-order valence-corrected chi connectivity index (χ2v) is 5.32. The van der Waals surface area contributed by atoms with Crippen LogP contribution in [0.15, 0.2) is 36.4 Å². The molecule has 0 unspecified atom stereocenters. The summed E-state index contributed by atoms with van der Waals surface area (Å²) in [7, 11) is 3.12. The van der Waals surface area contributed by atoms with E-state index in [1.807, 2.05) is 24.3 Å². The molecule has 0 atom stereocenters. The first-order valence-electron chi connectivity index (χ1n) is 7.19. The first-order valence-corrected chi connectivity index (χ1v) is 7.19. The molecule has 23 heavy (non-hydrogen) atoms. The van der Waals surface area contributed by atoms with Crippen molar-refractivity contribution < 1.29 is 19.4 Å². The molecule has 0 radical (unpaired) electrons. The van der Waals surface area contributed by atoms with Gasteiger partial charge in [-0.3, -0.25) is 0 Å². The lowest BCUT2D eigenvalue weighted by Gasteiger charge is -2.30. The number of anilines is 1. The smallest absolute Gasteiger partial charge is 0.322 e. The van der Waals surface area contributed by atoms with E-state index in [4.69, 9.17) is 9.47 Å². The number of methoxy groups -OCH3 is 2. The van der Waals surface area contributed by atoms with Crippen LogP contribution in [0.2, 0.25) is 0 Å². The van der Waals surface area contributed by atoms with E-state index in [2.05, 4.69) is 5.32 Å². The van der Waals surface area contributed by atoms with Crippen LogP contribution in [0.4, 0.5) is 10.5 Å². The fourth-order valence-corrected chi connectivity index (χ4v) is 2.57. The number of phenols is 1. The Morgan fingerprint density at radius 3 is 2.57 bits per heavy atom. The molecule has 2 amide bonds. The summed E-state index contributed by atoms with van der Waals surface area (Å²) in [4.78, 5) is 13.9. The number of urea groups is 1. The molecule has 0 saturated heterocycles. The van der Waals surface area contributed by atoms with E-state index < -0.39 is 0 Å². The number of ether oxygens (including phenoxy) is 2. The molecule has 0 bridgehead atoms. The van der Waals surface area contributed by atoms with Crippen molar-refractivity contribution in [3.63, 3.8) is 0 Å². The van der Waals surface area contributed by atoms with Crippen molar-refractivity contribution in [3.8, 4) is 17.2 Å². The van der Waals surface area contributed by atoms with Crippen LogP contribution in [-0.4, -0.2) is 30.3 Å². The minimum Gasteiger partial charge on any atom is -0.504 e. The number of rotatable bonds is 4. The van der Waals surface area contributed by atoms with Crippen LogP contribution in [0, 0.1) is 0 Å². The summed E-state index contributed by atoms with van der Waals surface area (Å²) in [5, 5.41) is 12.6. The maximum atomic E-state index is 12.2. The van der Waals surface area contributed by atoms with Crippen LogP contribution in [0.1, 0.15) is 11.1 Å². The van der Waals surface area contributed by atoms with Gasteiger partial charge in [0.25, 0.3) is 0 Å². The Hall–Kier alpha value is -2.89. The molecule has 6 heteroatoms. The van der Waals surface area contributed by atoms with E-state index in [-0.39, 0.29) is 11.8 Å². The van der Waals surface area contributed by atoms with Gasteiger partial charge in [0.15, 0.2) is 11.5 Å². The highest BCUT2D eigenvalue weighted by atomic mass is 16.5. The predicted molar refractivity (Wildman–Crippen MR) is 85.9 cm³/mol. The van der Waals surface area contributed by atoms with Gasteiger partial charge < -0.3 is 24.8 Å². The van der Waals surface area contributed by atoms with Crippen molar-refractivity contribution in [1.82, 2.24) is 4.90 Å². The zero-order valence-electron chi connectivity index (χ0n) is 13.0. The van der Waals surface area contributed by atoms with Gasteiger partial charge in [-0.25, -0.2) is 4.79 Å². The van der Waals surface area contributed by atoms with Gasteiger partial charge in [0.2, 0.25) is 0 Å². The number of carbonyl (C=O) groups is 1. The van der Waals surface area contributed by atoms with Gasteiger partial charge in [-0.2, -0.15) is 0 Å². The number of fused-ring (bicyclic) bond motifs is 1. The molecule has 2 aromatic rings. The molecule has 0 aliphatic carbocycles. The molecule has 0 saturated carbocycles. The Kier molecular flexibility index (Phi) is 3.97. The molecule has 0 spiro atoms. The summed E-state index contributed by atoms with van der Waals surface area (Å²) >= 11 is 0. The maximum Gasteiger partial charge on any atom is 0.322 e. The number of benzene rings is 2. The highest BCUT2D eigenvalue weighted by molar-refractivity contribution is 5.92. The van der Waals surface area contributed by atoms with Gasteiger partial charge in [0.1, 0.15) is 5.75 Å². The molecule has 2 N–H and O–H groups in total. The third-order valence-electron chi connectivity index (χ3n) is 3.83. The molecule has 3 rings (SSSR count). The molecule has 1 aliphatic rings. The largest absolute Gasteiger partial charge is 0.504 e. The molecular formula is C17H18N2O4. The van der Waals surface area contributed by atoms with Crippen molar-refractivity contribution in [2.24, 2.45) is 0 Å². The van der Waals surface area contributed by atoms with E-state index in [9.17, 15) is 9.90 Å². The third kappa shape index (κ3) is 3.01. The van der Waals surface area contributed by atoms with Crippen LogP contribution >= 0.6 is 0 Å². The minimum atomic E-state index is -0.196. The lowest BCUT2D eigenvalue weighted by atomic mass is 10.1. The summed E-state index contributed by atoms with van der Waals surface area (Å²) < 4.78 is 10.3. The van der Waals surface area contributed by atoms with Gasteiger partial charge in [-0.15, -0.1) is 0 Å². The topological polar surface area (TPSA) is 71.0 Å². The van der Waals surface area contributed by atoms with Crippen LogP contribution in [0.5, 0.6) is 17.2 Å². The van der Waals surface area contributed by atoms with Crippen molar-refractivity contribution in [1.29, 1.82) is 0 Å². The number of amides is 2. The average Bonchev–Trinajstić information content (AvgIpc) is 2.56. The summed E-state index contributed by atoms with van der Waals surface area (Å²) in [6.07, 6.45) is 0. The van der Waals surface area contributed by atoms with Crippen molar-refractivity contribution in [2.75, 3.05) is 19.5 Å². The van der Waals surface area contributed by atoms with E-state index in [1.165, 1.54) is 13.2 Å². The second kappa shape index (κ2) is 6.08. The summed E-state index contributed by atoms with van der Waals surface area (Å²) in [5.41, 5.74) is 2.52. The Labute approximate surface area is 134 Å². The molecule has 0 aromatic heterocycles. The molecular weight excluding hydrogens is 296 g/mol. The zero-order valence-corrected chi connectivity index (χ0v) is 13.0. The van der Waals surface area contributed by atoms with Gasteiger partial charge in [-0.05, 0) is 29.3 Å². The Bertz CT molecular complexity index is 728. The molecule has 1 aliphatic heterocycles. The summed E-state index contributed by atoms with van der Waals surface area (Å²) in [5.74, 6) is 1.18. The molecule has 1 heterocycles. The lowest BCUT2D eigenvalue weighted by molar-refractivity contribution is 0.203. The number of phenolic OH excluding ortho intramolecular Hbond substituents is 1. The molecule has 2 aromatic carbocycles. The van der Waals surface area contributed by atoms with E-state index >= 15 is 0 Å². The van der Waals surface area contributed by atoms with Crippen molar-refractivity contribution in [2.45, 2.75) is 13.1 Å². The Balaban J connectivity index is 1.80. The highest BCUT2D eigenvalue weighted by Gasteiger charge is 2.24. The van der Waals surface area contributed by atoms with Crippen LogP contribution in [0.3, 0.4) is 0 Å². The van der Waals surface area contributed by atoms with Gasteiger partial charge in [-0.1, -0.05) is 12.1 Å². The van der Waals surface area contributed by atoms with E-state index in [1.54, 1.807) is 18.1 Å². The fourth-order valence-electron chi connectivity index (χ4n) is 2.57. The number of nitrogens with zero attached hydrogens (tertiary/aromatic N) is 1. The van der Waals surface area contributed by atoms with Crippen LogP contribution < -0.4 is 14.8 Å². The Morgan fingerprint density at radius 1 is 1.17 bits per heavy atom. The molecule has 0 fully saturated rings. The number of hydrogen-bond donors (Lipinski definition) is 2. The molecule has 120 valence electrons. The third-order valence-corrected chi connectivity index (χ3v) is 3.83. The van der Waals surface area contributed by atoms with Gasteiger partial charge in [0.05, 0.1) is 19.9 Å². The minimum absolute atomic E-state index is 0.00940. The quantitative estimate of drug-likeness (QED) is 0.910. The maximum absolute atomic E-state index is 12.2. The van der Waals surface area contributed by atoms with Crippen LogP contribution in [-0.2, 0) is 13.1 Å². The number of nitrogens with one attached hydrogen (secondary N) is 1. The average molecular weight is 314 g/mol. The van der Waals surface area contributed by atoms with Crippen molar-refractivity contribution in [3.05, 3.63) is 47.5 Å². The molecule has 6 nitrogen and oxygen atoms in total. The first-order chi connectivity index (χ1) is 11.1. The number of hydrogen-bond acceptors (Lipinski definition) is 4. The number of aromatic hydroxyl groups is 1. The number of carbonyl (C=O) groups excluding carboxylic acids is 1. The summed E-state index contributed by atoms with van der Waals surface area (Å²) in [6.45, 7) is 0.933. The second-order valence-electron chi connectivity index (χ2n) is 5.32. The summed E-state index contributed by atoms with van der Waals surface area (Å²) in [6, 6.07) is 10.6. The lowest BCUT2D eigenvalue weighted by Crippen LogP contribution is -2.38. The van der Waals surface area contributed by atoms with E-state index in [0.717, 1.165) is 16.9 Å². The standard InChI is InChI=1S/C17H18N2O4/c1-22-13-5-3-11(4-6-13)9-19-10-12-7-16(23-2)15(20)8-14(12)18-17(19)21/h3-8,20H,9-10H2,1-2H3,(H,18,21). The first kappa shape index (κ1) is 15.0. The SMILES string of the molecule is COc1ccc(CN2Cc3cc(OC)c(O)cc3NC2=O)cc1. The predicted octanol–water partition coefficient (Wildman–Crippen LogP) is 2.96. The van der Waals surface area contributed by atoms with Crippen LogP contribution in [0.25, 0.3) is 0 Å². The van der Waals surface area contributed by atoms with Gasteiger partial charge >= 0.3 is 6.03 Å². The fraction of sp³-hybridized carbons (Fsp3) is 0.235. The van der Waals surface area contributed by atoms with Gasteiger partial charge in [0, 0.05) is 19.2 Å². The monoisotopic (exact) mass is 314 g/mol. The van der Waals surface area contributed by atoms with E-state index in [0.29, 0.717) is 24.5 Å². The zero-order chi connectivity index (χ0) is 16.4. The van der Waals surface area contributed by atoms with Crippen molar-refractivity contribution >= 4 is 11.7 Å².